The summed E-state index contributed by atoms with van der Waals surface area (Å²) in [5, 5.41) is 2.96. The van der Waals surface area contributed by atoms with Crippen molar-refractivity contribution in [1.82, 2.24) is 15.2 Å². The molecule has 0 radical (unpaired) electrons. The number of benzene rings is 1. The minimum atomic E-state index is -0.0699. The van der Waals surface area contributed by atoms with Crippen molar-refractivity contribution in [2.75, 3.05) is 20.2 Å². The zero-order chi connectivity index (χ0) is 19.2. The van der Waals surface area contributed by atoms with Gasteiger partial charge in [-0.1, -0.05) is 6.07 Å². The number of carbonyl (C=O) groups is 2. The first-order valence-electron chi connectivity index (χ1n) is 8.88. The number of hydrogen-bond acceptors (Lipinski definition) is 4. The lowest BCUT2D eigenvalue weighted by Crippen LogP contribution is -2.43. The normalized spacial score (nSPS) is 14.7. The summed E-state index contributed by atoms with van der Waals surface area (Å²) >= 11 is 3.43. The van der Waals surface area contributed by atoms with E-state index in [1.165, 1.54) is 0 Å². The Bertz CT molecular complexity index is 805. The number of likely N-dealkylation sites (tertiary alicyclic amines) is 1. The topological polar surface area (TPSA) is 71.5 Å². The van der Waals surface area contributed by atoms with Gasteiger partial charge in [0.05, 0.1) is 12.7 Å². The Morgan fingerprint density at radius 2 is 2.07 bits per heavy atom. The molecular weight excluding hydrogens is 410 g/mol. The number of ether oxygens (including phenoxy) is 1. The maximum Gasteiger partial charge on any atom is 0.255 e. The Morgan fingerprint density at radius 1 is 1.30 bits per heavy atom. The molecule has 1 aliphatic heterocycles. The van der Waals surface area contributed by atoms with Gasteiger partial charge in [0.15, 0.2) is 0 Å². The van der Waals surface area contributed by atoms with Crippen molar-refractivity contribution < 1.29 is 14.3 Å². The van der Waals surface area contributed by atoms with E-state index in [-0.39, 0.29) is 17.7 Å². The summed E-state index contributed by atoms with van der Waals surface area (Å²) in [4.78, 5) is 31.0. The molecule has 1 fully saturated rings. The first-order valence-corrected chi connectivity index (χ1v) is 9.67. The molecule has 27 heavy (non-hydrogen) atoms. The van der Waals surface area contributed by atoms with E-state index in [1.807, 2.05) is 18.2 Å². The van der Waals surface area contributed by atoms with Crippen molar-refractivity contribution in [3.63, 3.8) is 0 Å². The van der Waals surface area contributed by atoms with Crippen LogP contribution in [0.2, 0.25) is 0 Å². The van der Waals surface area contributed by atoms with Crippen LogP contribution in [-0.4, -0.2) is 41.9 Å². The molecular formula is C20H22BrN3O3. The van der Waals surface area contributed by atoms with Crippen molar-refractivity contribution >= 4 is 27.7 Å². The van der Waals surface area contributed by atoms with Crippen LogP contribution in [0.25, 0.3) is 0 Å². The third-order valence-electron chi connectivity index (χ3n) is 4.75. The summed E-state index contributed by atoms with van der Waals surface area (Å²) in [7, 11) is 1.58. The van der Waals surface area contributed by atoms with E-state index in [0.717, 1.165) is 10.0 Å². The van der Waals surface area contributed by atoms with Gasteiger partial charge in [-0.25, -0.2) is 0 Å². The summed E-state index contributed by atoms with van der Waals surface area (Å²) in [6.45, 7) is 1.60. The molecule has 142 valence electrons. The molecule has 1 aromatic heterocycles. The number of hydrogen-bond donors (Lipinski definition) is 1. The Kier molecular flexibility index (Phi) is 6.45. The number of halogens is 1. The summed E-state index contributed by atoms with van der Waals surface area (Å²) in [6.07, 6.45) is 4.77. The number of pyridine rings is 1. The molecule has 0 saturated carbocycles. The molecule has 7 heteroatoms. The number of methoxy groups -OCH3 is 1. The van der Waals surface area contributed by atoms with Crippen molar-refractivity contribution in [1.29, 1.82) is 0 Å². The van der Waals surface area contributed by atoms with Crippen LogP contribution in [0.4, 0.5) is 0 Å². The number of amides is 2. The third kappa shape index (κ3) is 4.86. The largest absolute Gasteiger partial charge is 0.497 e. The van der Waals surface area contributed by atoms with Gasteiger partial charge in [0.2, 0.25) is 5.91 Å². The van der Waals surface area contributed by atoms with Gasteiger partial charge >= 0.3 is 0 Å². The highest BCUT2D eigenvalue weighted by Gasteiger charge is 2.28. The van der Waals surface area contributed by atoms with E-state index in [1.54, 1.807) is 36.5 Å². The summed E-state index contributed by atoms with van der Waals surface area (Å²) in [5.41, 5.74) is 1.55. The highest BCUT2D eigenvalue weighted by Crippen LogP contribution is 2.26. The maximum atomic E-state index is 12.8. The summed E-state index contributed by atoms with van der Waals surface area (Å²) in [5.74, 6) is 0.564. The van der Waals surface area contributed by atoms with E-state index in [2.05, 4.69) is 26.2 Å². The lowest BCUT2D eigenvalue weighted by Gasteiger charge is -2.31. The molecule has 2 heterocycles. The van der Waals surface area contributed by atoms with Gasteiger partial charge in [0.25, 0.3) is 5.91 Å². The molecule has 0 unspecified atom stereocenters. The maximum absolute atomic E-state index is 12.8. The Hall–Kier alpha value is -2.41. The van der Waals surface area contributed by atoms with Gasteiger partial charge in [-0.05, 0) is 58.6 Å². The van der Waals surface area contributed by atoms with Gasteiger partial charge in [0.1, 0.15) is 5.75 Å². The van der Waals surface area contributed by atoms with Crippen LogP contribution in [0.15, 0.2) is 47.2 Å². The number of nitrogens with zero attached hydrogens (tertiary/aromatic N) is 2. The molecule has 1 N–H and O–H groups in total. The van der Waals surface area contributed by atoms with Crippen molar-refractivity contribution in [2.24, 2.45) is 5.92 Å². The fourth-order valence-electron chi connectivity index (χ4n) is 3.15. The van der Waals surface area contributed by atoms with Crippen LogP contribution in [0, 0.1) is 5.92 Å². The van der Waals surface area contributed by atoms with Crippen LogP contribution in [0.3, 0.4) is 0 Å². The first kappa shape index (κ1) is 19.4. The van der Waals surface area contributed by atoms with Crippen molar-refractivity contribution in [3.8, 4) is 5.75 Å². The molecule has 0 bridgehead atoms. The Labute approximate surface area is 167 Å². The Morgan fingerprint density at radius 3 is 2.74 bits per heavy atom. The number of nitrogens with one attached hydrogen (secondary N) is 1. The SMILES string of the molecule is COc1ccc(Br)c(C(=O)N2CCC(C(=O)NCc3cccnc3)CC2)c1. The second kappa shape index (κ2) is 8.99. The first-order chi connectivity index (χ1) is 13.1. The molecule has 1 aromatic carbocycles. The van der Waals surface area contributed by atoms with Crippen LogP contribution >= 0.6 is 15.9 Å². The van der Waals surface area contributed by atoms with Crippen LogP contribution in [0.5, 0.6) is 5.75 Å². The van der Waals surface area contributed by atoms with E-state index in [9.17, 15) is 9.59 Å². The molecule has 0 atom stereocenters. The molecule has 0 aliphatic carbocycles. The van der Waals surface area contributed by atoms with E-state index in [0.29, 0.717) is 43.8 Å². The number of aromatic nitrogens is 1. The second-order valence-corrected chi connectivity index (χ2v) is 7.35. The lowest BCUT2D eigenvalue weighted by molar-refractivity contribution is -0.126. The van der Waals surface area contributed by atoms with Crippen LogP contribution < -0.4 is 10.1 Å². The molecule has 0 spiro atoms. The van der Waals surface area contributed by atoms with Gasteiger partial charge in [-0.2, -0.15) is 0 Å². The molecule has 2 aromatic rings. The minimum Gasteiger partial charge on any atom is -0.497 e. The molecule has 6 nitrogen and oxygen atoms in total. The van der Waals surface area contributed by atoms with Gasteiger partial charge in [0, 0.05) is 42.4 Å². The molecule has 2 amide bonds. The van der Waals surface area contributed by atoms with Crippen molar-refractivity contribution in [2.45, 2.75) is 19.4 Å². The second-order valence-electron chi connectivity index (χ2n) is 6.49. The predicted octanol–water partition coefficient (Wildman–Crippen LogP) is 3.02. The minimum absolute atomic E-state index is 0.0357. The zero-order valence-electron chi connectivity index (χ0n) is 15.2. The molecule has 1 aliphatic rings. The monoisotopic (exact) mass is 431 g/mol. The quantitative estimate of drug-likeness (QED) is 0.789. The lowest BCUT2D eigenvalue weighted by atomic mass is 9.95. The van der Waals surface area contributed by atoms with E-state index >= 15 is 0 Å². The van der Waals surface area contributed by atoms with Gasteiger partial charge in [-0.3, -0.25) is 14.6 Å². The fraction of sp³-hybridized carbons (Fsp3) is 0.350. The molecule has 1 saturated heterocycles. The van der Waals surface area contributed by atoms with Crippen LogP contribution in [-0.2, 0) is 11.3 Å². The summed E-state index contributed by atoms with van der Waals surface area (Å²) in [6, 6.07) is 9.13. The number of rotatable bonds is 5. The number of carbonyl (C=O) groups excluding carboxylic acids is 2. The van der Waals surface area contributed by atoms with E-state index < -0.39 is 0 Å². The summed E-state index contributed by atoms with van der Waals surface area (Å²) < 4.78 is 5.95. The zero-order valence-corrected chi connectivity index (χ0v) is 16.7. The number of piperidine rings is 1. The Balaban J connectivity index is 1.54. The highest BCUT2D eigenvalue weighted by molar-refractivity contribution is 9.10. The standard InChI is InChI=1S/C20H22BrN3O3/c1-27-16-4-5-18(21)17(11-16)20(26)24-9-6-15(7-10-24)19(25)23-13-14-3-2-8-22-12-14/h2-5,8,11-12,15H,6-7,9-10,13H2,1H3,(H,23,25). The van der Waals surface area contributed by atoms with E-state index in [4.69, 9.17) is 4.74 Å². The van der Waals surface area contributed by atoms with Gasteiger partial charge in [-0.15, -0.1) is 0 Å². The predicted molar refractivity (Wildman–Crippen MR) is 105 cm³/mol. The molecule has 3 rings (SSSR count). The third-order valence-corrected chi connectivity index (χ3v) is 5.44. The fourth-order valence-corrected chi connectivity index (χ4v) is 3.56. The van der Waals surface area contributed by atoms with Crippen LogP contribution in [0.1, 0.15) is 28.8 Å². The van der Waals surface area contributed by atoms with Gasteiger partial charge < -0.3 is 15.0 Å². The van der Waals surface area contributed by atoms with Crippen molar-refractivity contribution in [3.05, 3.63) is 58.3 Å². The average molecular weight is 432 g/mol. The average Bonchev–Trinajstić information content (AvgIpc) is 2.73. The highest BCUT2D eigenvalue weighted by atomic mass is 79.9. The smallest absolute Gasteiger partial charge is 0.255 e.